The molecule has 1 N–H and O–H groups in total. The van der Waals surface area contributed by atoms with Gasteiger partial charge in [0, 0.05) is 0 Å². The second-order valence-electron chi connectivity index (χ2n) is 5.67. The Balaban J connectivity index is 4.82. The Labute approximate surface area is 90.6 Å². The molecule has 0 aromatic heterocycles. The van der Waals surface area contributed by atoms with Gasteiger partial charge in [0.2, 0.25) is 0 Å². The molecule has 0 unspecified atom stereocenters. The van der Waals surface area contributed by atoms with E-state index < -0.39 is 28.9 Å². The topological polar surface area (TPSA) is 63.6 Å². The van der Waals surface area contributed by atoms with Crippen LogP contribution in [0.15, 0.2) is 0 Å². The van der Waals surface area contributed by atoms with Gasteiger partial charge < -0.3 is 9.84 Å². The lowest BCUT2D eigenvalue weighted by Gasteiger charge is -2.28. The first-order valence-electron chi connectivity index (χ1n) is 4.91. The number of hydrogen-bond donors (Lipinski definition) is 1. The summed E-state index contributed by atoms with van der Waals surface area (Å²) >= 11 is 0. The minimum atomic E-state index is -1.14. The molecular formula is C11H20O4. The van der Waals surface area contributed by atoms with Crippen LogP contribution in [0.1, 0.15) is 41.5 Å². The van der Waals surface area contributed by atoms with Crippen molar-refractivity contribution in [2.45, 2.75) is 47.1 Å². The first-order chi connectivity index (χ1) is 6.45. The predicted molar refractivity (Wildman–Crippen MR) is 56.4 cm³/mol. The second-order valence-corrected chi connectivity index (χ2v) is 5.67. The normalized spacial score (nSPS) is 14.5. The van der Waals surface area contributed by atoms with Gasteiger partial charge in [-0.25, -0.2) is 0 Å². The lowest BCUT2D eigenvalue weighted by atomic mass is 9.81. The van der Waals surface area contributed by atoms with Gasteiger partial charge in [-0.3, -0.25) is 9.59 Å². The molecule has 4 heteroatoms. The van der Waals surface area contributed by atoms with E-state index in [9.17, 15) is 9.59 Å². The molecule has 0 spiro atoms. The van der Waals surface area contributed by atoms with Gasteiger partial charge in [-0.15, -0.1) is 0 Å². The second kappa shape index (κ2) is 4.21. The Bertz CT molecular complexity index is 255. The smallest absolute Gasteiger partial charge is 0.321 e. The largest absolute Gasteiger partial charge is 0.481 e. The molecule has 0 bridgehead atoms. The molecule has 0 saturated carbocycles. The molecule has 1 atom stereocenters. The number of ether oxygens (including phenoxy) is 1. The van der Waals surface area contributed by atoms with Crippen LogP contribution in [0.25, 0.3) is 0 Å². The maximum Gasteiger partial charge on any atom is 0.321 e. The molecule has 0 rings (SSSR count). The van der Waals surface area contributed by atoms with E-state index in [0.717, 1.165) is 0 Å². The summed E-state index contributed by atoms with van der Waals surface area (Å²) in [5.41, 5.74) is -1.30. The Morgan fingerprint density at radius 3 is 1.67 bits per heavy atom. The summed E-state index contributed by atoms with van der Waals surface area (Å²) < 4.78 is 5.07. The third-order valence-corrected chi connectivity index (χ3v) is 1.76. The average molecular weight is 216 g/mol. The van der Waals surface area contributed by atoms with Gasteiger partial charge in [-0.1, -0.05) is 20.8 Å². The molecule has 0 aromatic carbocycles. The molecule has 0 aromatic rings. The highest BCUT2D eigenvalue weighted by Crippen LogP contribution is 2.28. The van der Waals surface area contributed by atoms with E-state index >= 15 is 0 Å². The summed E-state index contributed by atoms with van der Waals surface area (Å²) in [7, 11) is 0. The van der Waals surface area contributed by atoms with Gasteiger partial charge in [0.25, 0.3) is 0 Å². The number of hydrogen-bond acceptors (Lipinski definition) is 3. The molecule has 0 fully saturated rings. The maximum atomic E-state index is 11.6. The van der Waals surface area contributed by atoms with Crippen LogP contribution >= 0.6 is 0 Å². The molecule has 0 aliphatic heterocycles. The fourth-order valence-corrected chi connectivity index (χ4v) is 1.19. The van der Waals surface area contributed by atoms with Crippen LogP contribution < -0.4 is 0 Å². The summed E-state index contributed by atoms with van der Waals surface area (Å²) in [5, 5.41) is 8.98. The van der Waals surface area contributed by atoms with Crippen molar-refractivity contribution in [3.8, 4) is 0 Å². The van der Waals surface area contributed by atoms with Crippen molar-refractivity contribution in [1.29, 1.82) is 0 Å². The van der Waals surface area contributed by atoms with Crippen molar-refractivity contribution < 1.29 is 19.4 Å². The van der Waals surface area contributed by atoms with Gasteiger partial charge in [0.05, 0.1) is 0 Å². The minimum absolute atomic E-state index is 0.645. The number of carboxylic acids is 1. The molecule has 88 valence electrons. The van der Waals surface area contributed by atoms with Crippen LogP contribution in [0, 0.1) is 11.3 Å². The van der Waals surface area contributed by atoms with Gasteiger partial charge in [0.1, 0.15) is 5.60 Å². The zero-order valence-corrected chi connectivity index (χ0v) is 10.2. The third kappa shape index (κ3) is 4.81. The molecule has 0 heterocycles. The highest BCUT2D eigenvalue weighted by Gasteiger charge is 2.40. The van der Waals surface area contributed by atoms with Gasteiger partial charge in [0.15, 0.2) is 5.92 Å². The first-order valence-corrected chi connectivity index (χ1v) is 4.91. The van der Waals surface area contributed by atoms with Crippen molar-refractivity contribution in [2.24, 2.45) is 11.3 Å². The van der Waals surface area contributed by atoms with Crippen LogP contribution in [0.3, 0.4) is 0 Å². The highest BCUT2D eigenvalue weighted by molar-refractivity contribution is 5.94. The van der Waals surface area contributed by atoms with E-state index in [1.165, 1.54) is 0 Å². The number of aliphatic carboxylic acids is 1. The fraction of sp³-hybridized carbons (Fsp3) is 0.818. The quantitative estimate of drug-likeness (QED) is 0.567. The molecule has 0 aliphatic carbocycles. The first kappa shape index (κ1) is 13.9. The molecule has 4 nitrogen and oxygen atoms in total. The molecule has 0 radical (unpaired) electrons. The van der Waals surface area contributed by atoms with Crippen molar-refractivity contribution >= 4 is 11.9 Å². The Kier molecular flexibility index (Phi) is 3.91. The van der Waals surface area contributed by atoms with E-state index in [2.05, 4.69) is 0 Å². The summed E-state index contributed by atoms with van der Waals surface area (Å²) in [6, 6.07) is 0. The number of carboxylic acid groups (broad SMARTS) is 1. The molecule has 0 aliphatic rings. The fourth-order valence-electron chi connectivity index (χ4n) is 1.19. The monoisotopic (exact) mass is 216 g/mol. The standard InChI is InChI=1S/C11H20O4/c1-10(2,3)7(8(12)13)9(14)15-11(4,5)6/h7H,1-6H3,(H,12,13)/t7-/m0/s1. The van der Waals surface area contributed by atoms with E-state index in [1.807, 2.05) is 0 Å². The van der Waals surface area contributed by atoms with Gasteiger partial charge in [-0.05, 0) is 26.2 Å². The van der Waals surface area contributed by atoms with Crippen LogP contribution in [0.4, 0.5) is 0 Å². The summed E-state index contributed by atoms with van der Waals surface area (Å²) in [5.74, 6) is -2.95. The predicted octanol–water partition coefficient (Wildman–Crippen LogP) is 2.08. The van der Waals surface area contributed by atoms with Crippen molar-refractivity contribution in [3.63, 3.8) is 0 Å². The van der Waals surface area contributed by atoms with Gasteiger partial charge >= 0.3 is 11.9 Å². The van der Waals surface area contributed by atoms with Crippen LogP contribution in [-0.4, -0.2) is 22.6 Å². The number of rotatable bonds is 2. The molecule has 0 saturated heterocycles. The van der Waals surface area contributed by atoms with E-state index in [1.54, 1.807) is 41.5 Å². The molecule has 15 heavy (non-hydrogen) atoms. The van der Waals surface area contributed by atoms with E-state index in [-0.39, 0.29) is 0 Å². The van der Waals surface area contributed by atoms with Crippen LogP contribution in [0.2, 0.25) is 0 Å². The molecular weight excluding hydrogens is 196 g/mol. The Morgan fingerprint density at radius 2 is 1.47 bits per heavy atom. The van der Waals surface area contributed by atoms with Crippen LogP contribution in [0.5, 0.6) is 0 Å². The van der Waals surface area contributed by atoms with Crippen molar-refractivity contribution in [3.05, 3.63) is 0 Å². The zero-order chi connectivity index (χ0) is 12.4. The maximum absolute atomic E-state index is 11.6. The number of esters is 1. The SMILES string of the molecule is CC(C)(C)OC(=O)[C@H](C(=O)O)C(C)(C)C. The average Bonchev–Trinajstić information content (AvgIpc) is 1.74. The lowest BCUT2D eigenvalue weighted by molar-refractivity contribution is -0.171. The highest BCUT2D eigenvalue weighted by atomic mass is 16.6. The minimum Gasteiger partial charge on any atom is -0.481 e. The number of carbonyl (C=O) groups is 2. The Hall–Kier alpha value is -1.06. The molecule has 0 amide bonds. The Morgan fingerprint density at radius 1 is 1.07 bits per heavy atom. The van der Waals surface area contributed by atoms with Crippen molar-refractivity contribution in [1.82, 2.24) is 0 Å². The van der Waals surface area contributed by atoms with E-state index in [4.69, 9.17) is 9.84 Å². The third-order valence-electron chi connectivity index (χ3n) is 1.76. The summed E-state index contributed by atoms with van der Waals surface area (Å²) in [6.45, 7) is 10.3. The van der Waals surface area contributed by atoms with Crippen molar-refractivity contribution in [2.75, 3.05) is 0 Å². The van der Waals surface area contributed by atoms with Crippen LogP contribution in [-0.2, 0) is 14.3 Å². The van der Waals surface area contributed by atoms with Gasteiger partial charge in [-0.2, -0.15) is 0 Å². The zero-order valence-electron chi connectivity index (χ0n) is 10.2. The number of carbonyl (C=O) groups excluding carboxylic acids is 1. The van der Waals surface area contributed by atoms with E-state index in [0.29, 0.717) is 0 Å². The lowest BCUT2D eigenvalue weighted by Crippen LogP contribution is -2.40. The summed E-state index contributed by atoms with van der Waals surface area (Å²) in [6.07, 6.45) is 0. The summed E-state index contributed by atoms with van der Waals surface area (Å²) in [4.78, 5) is 22.6.